The van der Waals surface area contributed by atoms with Gasteiger partial charge in [-0.1, -0.05) is 17.7 Å². The first kappa shape index (κ1) is 22.3. The van der Waals surface area contributed by atoms with Crippen LogP contribution in [0.5, 0.6) is 5.75 Å². The van der Waals surface area contributed by atoms with Gasteiger partial charge in [-0.3, -0.25) is 4.79 Å². The zero-order valence-corrected chi connectivity index (χ0v) is 17.6. The van der Waals surface area contributed by atoms with Crippen LogP contribution in [0.25, 0.3) is 22.3 Å². The number of fused-ring (bicyclic) bond motifs is 1. The Hall–Kier alpha value is -3.86. The number of carbonyl (C=O) groups is 1. The van der Waals surface area contributed by atoms with Crippen LogP contribution in [0, 0.1) is 0 Å². The maximum Gasteiger partial charge on any atom is 0.573 e. The van der Waals surface area contributed by atoms with Gasteiger partial charge in [0.05, 0.1) is 40.1 Å². The second-order valence-corrected chi connectivity index (χ2v) is 7.06. The van der Waals surface area contributed by atoms with E-state index in [-0.39, 0.29) is 23.2 Å². The normalized spacial score (nSPS) is 11.5. The fourth-order valence-corrected chi connectivity index (χ4v) is 3.33. The third-order valence-electron chi connectivity index (χ3n) is 4.47. The summed E-state index contributed by atoms with van der Waals surface area (Å²) in [4.78, 5) is 25.7. The molecule has 0 spiro atoms. The van der Waals surface area contributed by atoms with Gasteiger partial charge >= 0.3 is 12.3 Å². The minimum absolute atomic E-state index is 0.0118. The summed E-state index contributed by atoms with van der Waals surface area (Å²) < 4.78 is 49.0. The number of carbonyl (C=O) groups excluding carboxylic acids is 1. The lowest BCUT2D eigenvalue weighted by atomic mass is 10.1. The number of benzene rings is 2. The highest BCUT2D eigenvalue weighted by Crippen LogP contribution is 2.26. The van der Waals surface area contributed by atoms with Crippen LogP contribution < -0.4 is 10.2 Å². The zero-order chi connectivity index (χ0) is 23.8. The lowest BCUT2D eigenvalue weighted by Crippen LogP contribution is -2.25. The van der Waals surface area contributed by atoms with Crippen molar-refractivity contribution in [2.75, 3.05) is 6.61 Å². The number of ether oxygens (including phenoxy) is 2. The fraction of sp³-hybridized carbons (Fsp3) is 0.143. The summed E-state index contributed by atoms with van der Waals surface area (Å²) >= 11 is 5.97. The molecular weight excluding hydrogens is 465 g/mol. The highest BCUT2D eigenvalue weighted by Gasteiger charge is 2.31. The molecule has 0 aliphatic carbocycles. The Morgan fingerprint density at radius 2 is 1.88 bits per heavy atom. The quantitative estimate of drug-likeness (QED) is 0.397. The molecule has 4 aromatic rings. The van der Waals surface area contributed by atoms with E-state index in [4.69, 9.17) is 16.3 Å². The van der Waals surface area contributed by atoms with Gasteiger partial charge in [0, 0.05) is 6.20 Å². The second kappa shape index (κ2) is 8.58. The van der Waals surface area contributed by atoms with Gasteiger partial charge in [-0.15, -0.1) is 13.2 Å². The third-order valence-corrected chi connectivity index (χ3v) is 4.67. The van der Waals surface area contributed by atoms with E-state index in [0.717, 1.165) is 12.1 Å². The van der Waals surface area contributed by atoms with Crippen molar-refractivity contribution in [1.82, 2.24) is 19.6 Å². The molecule has 33 heavy (non-hydrogen) atoms. The molecule has 170 valence electrons. The van der Waals surface area contributed by atoms with Gasteiger partial charge in [-0.25, -0.2) is 14.2 Å². The molecule has 0 N–H and O–H groups in total. The van der Waals surface area contributed by atoms with Crippen LogP contribution in [0.2, 0.25) is 5.02 Å². The summed E-state index contributed by atoms with van der Waals surface area (Å²) in [5.74, 6) is -1.38. The number of rotatable bonds is 5. The number of hydrogen-bond acceptors (Lipinski definition) is 6. The number of hydrogen-bond donors (Lipinski definition) is 0. The molecule has 2 heterocycles. The fourth-order valence-electron chi connectivity index (χ4n) is 3.20. The van der Waals surface area contributed by atoms with E-state index in [1.807, 2.05) is 0 Å². The number of halogens is 4. The molecule has 0 saturated carbocycles. The lowest BCUT2D eigenvalue weighted by Gasteiger charge is -2.15. The minimum Gasteiger partial charge on any atom is -0.461 e. The number of esters is 1. The molecule has 0 fully saturated rings. The SMILES string of the molecule is CCOC(=O)c1nn(-c2ccc(OC(F)(F)F)cc2)c2cccc(-n3cc(Cl)cn3)c2c1=O. The molecule has 0 amide bonds. The Morgan fingerprint density at radius 1 is 1.15 bits per heavy atom. The van der Waals surface area contributed by atoms with Crippen molar-refractivity contribution in [3.63, 3.8) is 0 Å². The maximum absolute atomic E-state index is 13.2. The number of alkyl halides is 3. The topological polar surface area (TPSA) is 88.2 Å². The first-order valence-corrected chi connectivity index (χ1v) is 9.85. The monoisotopic (exact) mass is 478 g/mol. The highest BCUT2D eigenvalue weighted by atomic mass is 35.5. The zero-order valence-electron chi connectivity index (χ0n) is 16.8. The smallest absolute Gasteiger partial charge is 0.461 e. The van der Waals surface area contributed by atoms with Crippen LogP contribution in [0.1, 0.15) is 17.4 Å². The molecule has 0 radical (unpaired) electrons. The Labute approximate surface area is 188 Å². The summed E-state index contributed by atoms with van der Waals surface area (Å²) in [5.41, 5.74) is -0.315. The van der Waals surface area contributed by atoms with Crippen molar-refractivity contribution in [3.8, 4) is 17.1 Å². The Morgan fingerprint density at radius 3 is 2.48 bits per heavy atom. The predicted molar refractivity (Wildman–Crippen MR) is 112 cm³/mol. The largest absolute Gasteiger partial charge is 0.573 e. The van der Waals surface area contributed by atoms with E-state index in [9.17, 15) is 22.8 Å². The second-order valence-electron chi connectivity index (χ2n) is 6.63. The Bertz CT molecular complexity index is 1400. The van der Waals surface area contributed by atoms with Gasteiger partial charge in [-0.2, -0.15) is 10.2 Å². The van der Waals surface area contributed by atoms with E-state index in [2.05, 4.69) is 14.9 Å². The first-order chi connectivity index (χ1) is 15.7. The van der Waals surface area contributed by atoms with E-state index in [1.54, 1.807) is 25.1 Å². The minimum atomic E-state index is -4.85. The van der Waals surface area contributed by atoms with Crippen LogP contribution in [-0.2, 0) is 4.74 Å². The molecule has 0 atom stereocenters. The van der Waals surface area contributed by atoms with Crippen LogP contribution in [0.3, 0.4) is 0 Å². The van der Waals surface area contributed by atoms with Crippen molar-refractivity contribution in [2.24, 2.45) is 0 Å². The summed E-state index contributed by atoms with van der Waals surface area (Å²) in [7, 11) is 0. The molecule has 0 saturated heterocycles. The molecule has 2 aromatic carbocycles. The molecule has 12 heteroatoms. The van der Waals surface area contributed by atoms with Gasteiger partial charge in [0.1, 0.15) is 5.75 Å². The van der Waals surface area contributed by atoms with Crippen LogP contribution in [0.4, 0.5) is 13.2 Å². The van der Waals surface area contributed by atoms with Crippen molar-refractivity contribution in [3.05, 3.63) is 75.8 Å². The molecule has 0 unspecified atom stereocenters. The highest BCUT2D eigenvalue weighted by molar-refractivity contribution is 6.30. The van der Waals surface area contributed by atoms with E-state index < -0.39 is 29.2 Å². The van der Waals surface area contributed by atoms with Gasteiger partial charge < -0.3 is 9.47 Å². The van der Waals surface area contributed by atoms with Crippen LogP contribution >= 0.6 is 11.6 Å². The summed E-state index contributed by atoms with van der Waals surface area (Å²) in [5, 5.41) is 8.67. The number of aromatic nitrogens is 4. The van der Waals surface area contributed by atoms with Gasteiger partial charge in [0.2, 0.25) is 11.1 Å². The summed E-state index contributed by atoms with van der Waals surface area (Å²) in [6.07, 6.45) is -1.99. The van der Waals surface area contributed by atoms with Crippen molar-refractivity contribution in [1.29, 1.82) is 0 Å². The van der Waals surface area contributed by atoms with Crippen molar-refractivity contribution in [2.45, 2.75) is 13.3 Å². The lowest BCUT2D eigenvalue weighted by molar-refractivity contribution is -0.274. The average Bonchev–Trinajstić information content (AvgIpc) is 3.19. The molecule has 0 bridgehead atoms. The van der Waals surface area contributed by atoms with Crippen LogP contribution in [-0.4, -0.2) is 38.5 Å². The number of nitrogens with zero attached hydrogens (tertiary/aromatic N) is 4. The Balaban J connectivity index is 1.97. The first-order valence-electron chi connectivity index (χ1n) is 9.48. The standard InChI is InChI=1S/C21H14ClF3N4O4/c1-2-32-20(31)18-19(30)17-15(28-11-12(22)10-26-28)4-3-5-16(17)29(27-18)13-6-8-14(9-7-13)33-21(23,24)25/h3-11H,2H2,1H3. The van der Waals surface area contributed by atoms with Gasteiger partial charge in [0.25, 0.3) is 0 Å². The molecule has 4 rings (SSSR count). The van der Waals surface area contributed by atoms with Crippen LogP contribution in [0.15, 0.2) is 59.7 Å². The van der Waals surface area contributed by atoms with Crippen molar-refractivity contribution >= 4 is 28.5 Å². The molecule has 0 aliphatic heterocycles. The molecule has 8 nitrogen and oxygen atoms in total. The van der Waals surface area contributed by atoms with Crippen molar-refractivity contribution < 1.29 is 27.4 Å². The average molecular weight is 479 g/mol. The van der Waals surface area contributed by atoms with E-state index in [1.165, 1.54) is 33.9 Å². The molecule has 0 aliphatic rings. The van der Waals surface area contributed by atoms with E-state index in [0.29, 0.717) is 10.7 Å². The Kier molecular flexibility index (Phi) is 5.81. The molecular formula is C21H14ClF3N4O4. The van der Waals surface area contributed by atoms with Gasteiger partial charge in [-0.05, 0) is 43.3 Å². The summed E-state index contributed by atoms with van der Waals surface area (Å²) in [6.45, 7) is 1.59. The summed E-state index contributed by atoms with van der Waals surface area (Å²) in [6, 6.07) is 9.62. The third kappa shape index (κ3) is 4.53. The maximum atomic E-state index is 13.2. The van der Waals surface area contributed by atoms with E-state index >= 15 is 0 Å². The molecule has 2 aromatic heterocycles. The predicted octanol–water partition coefficient (Wildman–Crippen LogP) is 4.30. The van der Waals surface area contributed by atoms with Gasteiger partial charge in [0.15, 0.2) is 0 Å².